The Morgan fingerprint density at radius 3 is 2.48 bits per heavy atom. The van der Waals surface area contributed by atoms with Crippen LogP contribution in [-0.2, 0) is 14.8 Å². The second-order valence-electron chi connectivity index (χ2n) is 6.86. The SMILES string of the molecule is C[C@H]1CCCN(C(=O)CN(c2ccccc2Cl)S(=O)(=O)c2ccccc2)C1. The average Bonchev–Trinajstić information content (AvgIpc) is 2.67. The van der Waals surface area contributed by atoms with E-state index in [0.717, 1.165) is 17.1 Å². The Labute approximate surface area is 165 Å². The number of carbonyl (C=O) groups is 1. The summed E-state index contributed by atoms with van der Waals surface area (Å²) in [6.07, 6.45) is 2.02. The van der Waals surface area contributed by atoms with Gasteiger partial charge in [0.1, 0.15) is 6.54 Å². The van der Waals surface area contributed by atoms with Crippen LogP contribution in [0.4, 0.5) is 5.69 Å². The number of hydrogen-bond donors (Lipinski definition) is 0. The Kier molecular flexibility index (Phi) is 6.07. The van der Waals surface area contributed by atoms with Crippen molar-refractivity contribution in [1.29, 1.82) is 0 Å². The standard InChI is InChI=1S/C20H23ClN2O3S/c1-16-8-7-13-22(14-16)20(24)15-23(19-12-6-5-11-18(19)21)27(25,26)17-9-3-2-4-10-17/h2-6,9-12,16H,7-8,13-15H2,1H3/t16-/m0/s1. The fraction of sp³-hybridized carbons (Fsp3) is 0.350. The summed E-state index contributed by atoms with van der Waals surface area (Å²) in [6, 6.07) is 14.8. The van der Waals surface area contributed by atoms with Crippen LogP contribution in [0.1, 0.15) is 19.8 Å². The van der Waals surface area contributed by atoms with Crippen molar-refractivity contribution in [3.8, 4) is 0 Å². The minimum atomic E-state index is -3.92. The first kappa shape index (κ1) is 19.7. The largest absolute Gasteiger partial charge is 0.341 e. The summed E-state index contributed by atoms with van der Waals surface area (Å²) in [5, 5.41) is 0.289. The number of amides is 1. The zero-order valence-corrected chi connectivity index (χ0v) is 16.8. The third-order valence-electron chi connectivity index (χ3n) is 4.74. The van der Waals surface area contributed by atoms with E-state index in [9.17, 15) is 13.2 Å². The molecule has 2 aromatic carbocycles. The van der Waals surface area contributed by atoms with E-state index in [1.54, 1.807) is 47.4 Å². The molecule has 1 saturated heterocycles. The van der Waals surface area contributed by atoms with Crippen molar-refractivity contribution >= 4 is 33.2 Å². The van der Waals surface area contributed by atoms with Gasteiger partial charge in [-0.15, -0.1) is 0 Å². The lowest BCUT2D eigenvalue weighted by atomic mass is 10.0. The molecule has 0 saturated carbocycles. The maximum absolute atomic E-state index is 13.3. The highest BCUT2D eigenvalue weighted by Gasteiger charge is 2.31. The molecule has 1 amide bonds. The van der Waals surface area contributed by atoms with E-state index in [1.165, 1.54) is 12.1 Å². The zero-order valence-electron chi connectivity index (χ0n) is 15.2. The molecule has 5 nitrogen and oxygen atoms in total. The summed E-state index contributed by atoms with van der Waals surface area (Å²) in [6.45, 7) is 3.14. The maximum atomic E-state index is 13.3. The number of nitrogens with zero attached hydrogens (tertiary/aromatic N) is 2. The molecule has 3 rings (SSSR count). The first-order valence-corrected chi connectivity index (χ1v) is 10.8. The fourth-order valence-electron chi connectivity index (χ4n) is 3.31. The molecule has 27 heavy (non-hydrogen) atoms. The Hall–Kier alpha value is -2.05. The normalized spacial score (nSPS) is 17.6. The lowest BCUT2D eigenvalue weighted by molar-refractivity contribution is -0.131. The molecule has 0 unspecified atom stereocenters. The monoisotopic (exact) mass is 406 g/mol. The van der Waals surface area contributed by atoms with Gasteiger partial charge in [0, 0.05) is 13.1 Å². The number of likely N-dealkylation sites (tertiary alicyclic amines) is 1. The van der Waals surface area contributed by atoms with Gasteiger partial charge in [-0.2, -0.15) is 0 Å². The zero-order chi connectivity index (χ0) is 19.4. The van der Waals surface area contributed by atoms with Crippen molar-refractivity contribution < 1.29 is 13.2 Å². The fourth-order valence-corrected chi connectivity index (χ4v) is 5.05. The average molecular weight is 407 g/mol. The van der Waals surface area contributed by atoms with Gasteiger partial charge in [-0.05, 0) is 43.0 Å². The number of halogens is 1. The van der Waals surface area contributed by atoms with Gasteiger partial charge in [0.15, 0.2) is 0 Å². The van der Waals surface area contributed by atoms with E-state index < -0.39 is 10.0 Å². The van der Waals surface area contributed by atoms with Gasteiger partial charge in [0.05, 0.1) is 15.6 Å². The number of piperidine rings is 1. The van der Waals surface area contributed by atoms with Crippen molar-refractivity contribution in [1.82, 2.24) is 4.90 Å². The molecule has 1 aliphatic heterocycles. The van der Waals surface area contributed by atoms with Crippen LogP contribution < -0.4 is 4.31 Å². The molecule has 0 N–H and O–H groups in total. The summed E-state index contributed by atoms with van der Waals surface area (Å²) >= 11 is 6.27. The van der Waals surface area contributed by atoms with Gasteiger partial charge in [0.25, 0.3) is 10.0 Å². The third kappa shape index (κ3) is 4.45. The van der Waals surface area contributed by atoms with Gasteiger partial charge in [0.2, 0.25) is 5.91 Å². The molecule has 0 spiro atoms. The molecule has 144 valence electrons. The predicted molar refractivity (Wildman–Crippen MR) is 107 cm³/mol. The van der Waals surface area contributed by atoms with Crippen LogP contribution in [0.5, 0.6) is 0 Å². The smallest absolute Gasteiger partial charge is 0.264 e. The van der Waals surface area contributed by atoms with Crippen LogP contribution in [-0.4, -0.2) is 38.9 Å². The third-order valence-corrected chi connectivity index (χ3v) is 6.83. The summed E-state index contributed by atoms with van der Waals surface area (Å²) < 4.78 is 27.6. The summed E-state index contributed by atoms with van der Waals surface area (Å²) in [5.41, 5.74) is 0.307. The minimum absolute atomic E-state index is 0.129. The lowest BCUT2D eigenvalue weighted by Crippen LogP contribution is -2.46. The molecule has 1 aliphatic rings. The van der Waals surface area contributed by atoms with Crippen LogP contribution in [0.2, 0.25) is 5.02 Å². The van der Waals surface area contributed by atoms with E-state index in [0.29, 0.717) is 24.7 Å². The van der Waals surface area contributed by atoms with E-state index in [1.807, 2.05) is 0 Å². The molecule has 1 heterocycles. The molecule has 1 fully saturated rings. The molecular weight excluding hydrogens is 384 g/mol. The number of benzene rings is 2. The Balaban J connectivity index is 1.96. The second kappa shape index (κ2) is 8.31. The molecule has 0 radical (unpaired) electrons. The van der Waals surface area contributed by atoms with E-state index >= 15 is 0 Å². The Morgan fingerprint density at radius 2 is 1.81 bits per heavy atom. The number of sulfonamides is 1. The molecule has 1 atom stereocenters. The van der Waals surface area contributed by atoms with Gasteiger partial charge < -0.3 is 4.90 Å². The molecule has 0 aromatic heterocycles. The molecule has 2 aromatic rings. The van der Waals surface area contributed by atoms with Crippen LogP contribution in [0.3, 0.4) is 0 Å². The molecule has 0 bridgehead atoms. The summed E-state index contributed by atoms with van der Waals surface area (Å²) in [7, 11) is -3.92. The molecular formula is C20H23ClN2O3S. The van der Waals surface area contributed by atoms with Crippen molar-refractivity contribution in [2.75, 3.05) is 23.9 Å². The Morgan fingerprint density at radius 1 is 1.15 bits per heavy atom. The van der Waals surface area contributed by atoms with Gasteiger partial charge in [-0.25, -0.2) is 8.42 Å². The number of para-hydroxylation sites is 1. The highest BCUT2D eigenvalue weighted by Crippen LogP contribution is 2.30. The van der Waals surface area contributed by atoms with Gasteiger partial charge >= 0.3 is 0 Å². The maximum Gasteiger partial charge on any atom is 0.264 e. The number of rotatable bonds is 5. The molecule has 0 aliphatic carbocycles. The molecule has 7 heteroatoms. The summed E-state index contributed by atoms with van der Waals surface area (Å²) in [4.78, 5) is 14.8. The quantitative estimate of drug-likeness (QED) is 0.758. The van der Waals surface area contributed by atoms with Crippen molar-refractivity contribution in [3.05, 3.63) is 59.6 Å². The van der Waals surface area contributed by atoms with E-state index in [2.05, 4.69) is 6.92 Å². The van der Waals surface area contributed by atoms with Crippen molar-refractivity contribution in [2.24, 2.45) is 5.92 Å². The van der Waals surface area contributed by atoms with Crippen LogP contribution in [0.25, 0.3) is 0 Å². The van der Waals surface area contributed by atoms with E-state index in [-0.39, 0.29) is 22.4 Å². The number of anilines is 1. The van der Waals surface area contributed by atoms with Crippen molar-refractivity contribution in [3.63, 3.8) is 0 Å². The van der Waals surface area contributed by atoms with Crippen LogP contribution >= 0.6 is 11.6 Å². The van der Waals surface area contributed by atoms with E-state index in [4.69, 9.17) is 11.6 Å². The minimum Gasteiger partial charge on any atom is -0.341 e. The number of carbonyl (C=O) groups excluding carboxylic acids is 1. The second-order valence-corrected chi connectivity index (χ2v) is 9.13. The highest BCUT2D eigenvalue weighted by atomic mass is 35.5. The Bertz CT molecular complexity index is 902. The highest BCUT2D eigenvalue weighted by molar-refractivity contribution is 7.92. The van der Waals surface area contributed by atoms with Crippen LogP contribution in [0.15, 0.2) is 59.5 Å². The van der Waals surface area contributed by atoms with Gasteiger partial charge in [-0.3, -0.25) is 9.10 Å². The van der Waals surface area contributed by atoms with Crippen LogP contribution in [0, 0.1) is 5.92 Å². The summed E-state index contributed by atoms with van der Waals surface area (Å²) in [5.74, 6) is 0.211. The topological polar surface area (TPSA) is 57.7 Å². The van der Waals surface area contributed by atoms with Crippen molar-refractivity contribution in [2.45, 2.75) is 24.7 Å². The number of hydrogen-bond acceptors (Lipinski definition) is 3. The first-order valence-electron chi connectivity index (χ1n) is 8.99. The predicted octanol–water partition coefficient (Wildman–Crippen LogP) is 3.79. The first-order chi connectivity index (χ1) is 12.9. The van der Waals surface area contributed by atoms with Gasteiger partial charge in [-0.1, -0.05) is 48.9 Å². The lowest BCUT2D eigenvalue weighted by Gasteiger charge is -2.33.